The Morgan fingerprint density at radius 3 is 2.54 bits per heavy atom. The summed E-state index contributed by atoms with van der Waals surface area (Å²) in [5, 5.41) is 3.49. The van der Waals surface area contributed by atoms with Crippen LogP contribution in [0.3, 0.4) is 0 Å². The molecule has 3 rings (SSSR count). The van der Waals surface area contributed by atoms with Gasteiger partial charge in [-0.3, -0.25) is 4.90 Å². The van der Waals surface area contributed by atoms with Gasteiger partial charge in [0.25, 0.3) is 0 Å². The number of nitrogens with zero attached hydrogens (tertiary/aromatic N) is 1. The van der Waals surface area contributed by atoms with Crippen LogP contribution in [-0.2, 0) is 17.8 Å². The van der Waals surface area contributed by atoms with E-state index in [1.165, 1.54) is 11.1 Å². The van der Waals surface area contributed by atoms with Crippen LogP contribution < -0.4 is 10.1 Å². The van der Waals surface area contributed by atoms with Gasteiger partial charge in [-0.2, -0.15) is 0 Å². The van der Waals surface area contributed by atoms with Crippen LogP contribution >= 0.6 is 0 Å². The Hall–Kier alpha value is -1.88. The maximum atomic E-state index is 5.97. The van der Waals surface area contributed by atoms with E-state index in [-0.39, 0.29) is 0 Å². The van der Waals surface area contributed by atoms with Gasteiger partial charge in [-0.25, -0.2) is 0 Å². The number of nitrogens with one attached hydrogen (secondary N) is 1. The minimum absolute atomic E-state index is 0.626. The quantitative estimate of drug-likeness (QED) is 0.748. The zero-order valence-corrected chi connectivity index (χ0v) is 15.7. The molecule has 0 aliphatic carbocycles. The summed E-state index contributed by atoms with van der Waals surface area (Å²) >= 11 is 0. The largest absolute Gasteiger partial charge is 0.492 e. The van der Waals surface area contributed by atoms with E-state index in [9.17, 15) is 0 Å². The highest BCUT2D eigenvalue weighted by Gasteiger charge is 2.17. The predicted molar refractivity (Wildman–Crippen MR) is 105 cm³/mol. The first-order valence-electron chi connectivity index (χ1n) is 9.55. The molecule has 4 heteroatoms. The lowest BCUT2D eigenvalue weighted by molar-refractivity contribution is 0.0392. The standard InChI is InChI=1S/C22H30N2O2/c1-24(21-10-13-25-14-11-21)12-15-26-22-9-5-8-20(16-22)18-23-17-19-6-3-2-4-7-19/h2-9,16,21,23H,10-15,17-18H2,1H3. The summed E-state index contributed by atoms with van der Waals surface area (Å²) in [5.74, 6) is 0.949. The summed E-state index contributed by atoms with van der Waals surface area (Å²) in [7, 11) is 2.18. The van der Waals surface area contributed by atoms with Gasteiger partial charge >= 0.3 is 0 Å². The summed E-state index contributed by atoms with van der Waals surface area (Å²) < 4.78 is 11.4. The Labute approximate surface area is 157 Å². The molecule has 2 aromatic rings. The van der Waals surface area contributed by atoms with Crippen molar-refractivity contribution in [3.8, 4) is 5.75 Å². The van der Waals surface area contributed by atoms with Gasteiger partial charge < -0.3 is 14.8 Å². The van der Waals surface area contributed by atoms with Crippen molar-refractivity contribution in [2.45, 2.75) is 32.0 Å². The van der Waals surface area contributed by atoms with Crippen molar-refractivity contribution in [2.24, 2.45) is 0 Å². The molecule has 1 aliphatic rings. The van der Waals surface area contributed by atoms with E-state index in [2.05, 4.69) is 59.7 Å². The van der Waals surface area contributed by atoms with Gasteiger partial charge in [-0.1, -0.05) is 42.5 Å². The van der Waals surface area contributed by atoms with Crippen LogP contribution in [0.1, 0.15) is 24.0 Å². The van der Waals surface area contributed by atoms with Crippen LogP contribution in [0.15, 0.2) is 54.6 Å². The molecule has 1 aliphatic heterocycles. The Morgan fingerprint density at radius 1 is 1.00 bits per heavy atom. The molecule has 0 bridgehead atoms. The van der Waals surface area contributed by atoms with Crippen molar-refractivity contribution >= 4 is 0 Å². The van der Waals surface area contributed by atoms with E-state index in [1.807, 2.05) is 12.1 Å². The highest BCUT2D eigenvalue weighted by atomic mass is 16.5. The topological polar surface area (TPSA) is 33.7 Å². The van der Waals surface area contributed by atoms with Crippen LogP contribution in [0.5, 0.6) is 5.75 Å². The predicted octanol–water partition coefficient (Wildman–Crippen LogP) is 3.47. The van der Waals surface area contributed by atoms with Crippen LogP contribution in [0.25, 0.3) is 0 Å². The maximum absolute atomic E-state index is 5.97. The number of rotatable bonds is 9. The van der Waals surface area contributed by atoms with Gasteiger partial charge in [0.2, 0.25) is 0 Å². The monoisotopic (exact) mass is 354 g/mol. The van der Waals surface area contributed by atoms with Crippen molar-refractivity contribution in [3.05, 3.63) is 65.7 Å². The first-order valence-corrected chi connectivity index (χ1v) is 9.55. The molecule has 26 heavy (non-hydrogen) atoms. The first-order chi connectivity index (χ1) is 12.8. The number of hydrogen-bond donors (Lipinski definition) is 1. The van der Waals surface area contributed by atoms with Crippen LogP contribution in [0.2, 0.25) is 0 Å². The van der Waals surface area contributed by atoms with Crippen molar-refractivity contribution < 1.29 is 9.47 Å². The second-order valence-corrected chi connectivity index (χ2v) is 6.91. The van der Waals surface area contributed by atoms with Gasteiger partial charge in [0.15, 0.2) is 0 Å². The Balaban J connectivity index is 1.39. The molecule has 2 aromatic carbocycles. The Morgan fingerprint density at radius 2 is 1.73 bits per heavy atom. The maximum Gasteiger partial charge on any atom is 0.119 e. The summed E-state index contributed by atoms with van der Waals surface area (Å²) in [6.07, 6.45) is 2.25. The first kappa shape index (κ1) is 18.9. The molecule has 0 atom stereocenters. The number of hydrogen-bond acceptors (Lipinski definition) is 4. The van der Waals surface area contributed by atoms with Crippen molar-refractivity contribution in [1.82, 2.24) is 10.2 Å². The Bertz CT molecular complexity index is 642. The molecule has 1 N–H and O–H groups in total. The highest BCUT2D eigenvalue weighted by Crippen LogP contribution is 2.15. The van der Waals surface area contributed by atoms with E-state index in [1.54, 1.807) is 0 Å². The van der Waals surface area contributed by atoms with Gasteiger partial charge in [0, 0.05) is 38.9 Å². The van der Waals surface area contributed by atoms with E-state index < -0.39 is 0 Å². The molecule has 140 valence electrons. The summed E-state index contributed by atoms with van der Waals surface area (Å²) in [5.41, 5.74) is 2.55. The summed E-state index contributed by atoms with van der Waals surface area (Å²) in [6.45, 7) is 5.15. The van der Waals surface area contributed by atoms with E-state index in [4.69, 9.17) is 9.47 Å². The number of likely N-dealkylation sites (N-methyl/N-ethyl adjacent to an activating group) is 1. The third kappa shape index (κ3) is 6.13. The van der Waals surface area contributed by atoms with E-state index >= 15 is 0 Å². The van der Waals surface area contributed by atoms with Gasteiger partial charge in [-0.05, 0) is 43.1 Å². The van der Waals surface area contributed by atoms with Gasteiger partial charge in [0.1, 0.15) is 12.4 Å². The normalized spacial score (nSPS) is 15.3. The highest BCUT2D eigenvalue weighted by molar-refractivity contribution is 5.28. The molecule has 4 nitrogen and oxygen atoms in total. The van der Waals surface area contributed by atoms with Crippen LogP contribution in [0.4, 0.5) is 0 Å². The van der Waals surface area contributed by atoms with Crippen molar-refractivity contribution in [3.63, 3.8) is 0 Å². The summed E-state index contributed by atoms with van der Waals surface area (Å²) in [6, 6.07) is 19.5. The lowest BCUT2D eigenvalue weighted by atomic mass is 10.1. The fourth-order valence-electron chi connectivity index (χ4n) is 3.31. The second-order valence-electron chi connectivity index (χ2n) is 6.91. The minimum atomic E-state index is 0.626. The molecule has 1 heterocycles. The van der Waals surface area contributed by atoms with Crippen LogP contribution in [-0.4, -0.2) is 44.4 Å². The molecular formula is C22H30N2O2. The summed E-state index contributed by atoms with van der Waals surface area (Å²) in [4.78, 5) is 2.40. The molecule has 0 amide bonds. The number of benzene rings is 2. The van der Waals surface area contributed by atoms with E-state index in [0.717, 1.165) is 58.0 Å². The molecule has 1 fully saturated rings. The van der Waals surface area contributed by atoms with Gasteiger partial charge in [0.05, 0.1) is 0 Å². The molecule has 0 unspecified atom stereocenters. The zero-order chi connectivity index (χ0) is 18.0. The second kappa shape index (κ2) is 10.3. The third-order valence-corrected chi connectivity index (χ3v) is 4.93. The fraction of sp³-hybridized carbons (Fsp3) is 0.455. The van der Waals surface area contributed by atoms with E-state index in [0.29, 0.717) is 6.04 Å². The van der Waals surface area contributed by atoms with Crippen molar-refractivity contribution in [1.29, 1.82) is 0 Å². The van der Waals surface area contributed by atoms with Crippen LogP contribution in [0, 0.1) is 0 Å². The molecule has 0 radical (unpaired) electrons. The van der Waals surface area contributed by atoms with Crippen molar-refractivity contribution in [2.75, 3.05) is 33.4 Å². The molecular weight excluding hydrogens is 324 g/mol. The van der Waals surface area contributed by atoms with Gasteiger partial charge in [-0.15, -0.1) is 0 Å². The smallest absolute Gasteiger partial charge is 0.119 e. The minimum Gasteiger partial charge on any atom is -0.492 e. The molecule has 0 aromatic heterocycles. The SMILES string of the molecule is CN(CCOc1cccc(CNCc2ccccc2)c1)C1CCOCC1. The lowest BCUT2D eigenvalue weighted by Crippen LogP contribution is -2.38. The molecule has 0 saturated carbocycles. The Kier molecular flexibility index (Phi) is 7.50. The number of ether oxygens (including phenoxy) is 2. The lowest BCUT2D eigenvalue weighted by Gasteiger charge is -2.31. The zero-order valence-electron chi connectivity index (χ0n) is 15.7. The average Bonchev–Trinajstić information content (AvgIpc) is 2.70. The molecule has 0 spiro atoms. The third-order valence-electron chi connectivity index (χ3n) is 4.93. The fourth-order valence-corrected chi connectivity index (χ4v) is 3.31. The average molecular weight is 354 g/mol. The molecule has 1 saturated heterocycles.